The summed E-state index contributed by atoms with van der Waals surface area (Å²) in [7, 11) is 0. The molecule has 5 nitrogen and oxygen atoms in total. The Hall–Kier alpha value is -3.44. The first kappa shape index (κ1) is 64.6. The van der Waals surface area contributed by atoms with Gasteiger partial charge in [-0.2, -0.15) is 0 Å². The molecule has 388 valence electrons. The summed E-state index contributed by atoms with van der Waals surface area (Å²) in [4.78, 5) is 25.5. The Kier molecular flexibility index (Phi) is 54.9. The lowest BCUT2D eigenvalue weighted by Gasteiger charge is -2.18. The highest BCUT2D eigenvalue weighted by atomic mass is 16.6. The van der Waals surface area contributed by atoms with Gasteiger partial charge in [-0.3, -0.25) is 9.59 Å². The predicted molar refractivity (Wildman–Crippen MR) is 297 cm³/mol. The molecule has 1 atom stereocenters. The van der Waals surface area contributed by atoms with E-state index in [1.54, 1.807) is 0 Å². The molecule has 0 aliphatic rings. The lowest BCUT2D eigenvalue weighted by atomic mass is 10.1. The van der Waals surface area contributed by atoms with Crippen LogP contribution in [0, 0.1) is 0 Å². The molecule has 0 saturated heterocycles. The van der Waals surface area contributed by atoms with Gasteiger partial charge in [-0.05, 0) is 128 Å². The topological polar surface area (TPSA) is 61.8 Å². The Labute approximate surface area is 421 Å². The molecule has 0 rings (SSSR count). The van der Waals surface area contributed by atoms with Gasteiger partial charge in [-0.15, -0.1) is 0 Å². The minimum Gasteiger partial charge on any atom is -0.462 e. The van der Waals surface area contributed by atoms with Crippen molar-refractivity contribution in [2.24, 2.45) is 0 Å². The van der Waals surface area contributed by atoms with Crippen molar-refractivity contribution in [3.05, 3.63) is 109 Å². The minimum atomic E-state index is -0.568. The number of unbranched alkanes of at least 4 members (excludes halogenated alkanes) is 22. The second-order valence-electron chi connectivity index (χ2n) is 18.4. The average Bonchev–Trinajstić information content (AvgIpc) is 3.34. The van der Waals surface area contributed by atoms with E-state index in [4.69, 9.17) is 14.2 Å². The van der Waals surface area contributed by atoms with E-state index in [1.807, 2.05) is 0 Å². The van der Waals surface area contributed by atoms with E-state index in [0.717, 1.165) is 116 Å². The summed E-state index contributed by atoms with van der Waals surface area (Å²) in [5.41, 5.74) is 0. The number of carbonyl (C=O) groups is 2. The Morgan fingerprint density at radius 3 is 1.06 bits per heavy atom. The van der Waals surface area contributed by atoms with Crippen LogP contribution in [0.15, 0.2) is 109 Å². The minimum absolute atomic E-state index is 0.0582. The maximum absolute atomic E-state index is 12.9. The fourth-order valence-electron chi connectivity index (χ4n) is 7.54. The Balaban J connectivity index is 4.38. The largest absolute Gasteiger partial charge is 0.462 e. The third-order valence-electron chi connectivity index (χ3n) is 11.8. The zero-order valence-electron chi connectivity index (χ0n) is 44.6. The van der Waals surface area contributed by atoms with E-state index in [-0.39, 0.29) is 25.2 Å². The zero-order valence-corrected chi connectivity index (χ0v) is 44.6. The van der Waals surface area contributed by atoms with Crippen LogP contribution in [0.2, 0.25) is 0 Å². The Bertz CT molecular complexity index is 1340. The summed E-state index contributed by atoms with van der Waals surface area (Å²) >= 11 is 0. The van der Waals surface area contributed by atoms with E-state index in [0.29, 0.717) is 19.4 Å². The summed E-state index contributed by atoms with van der Waals surface area (Å²) < 4.78 is 17.4. The van der Waals surface area contributed by atoms with Crippen molar-refractivity contribution in [2.75, 3.05) is 19.8 Å². The molecule has 0 aliphatic heterocycles. The van der Waals surface area contributed by atoms with Crippen molar-refractivity contribution in [2.45, 2.75) is 258 Å². The van der Waals surface area contributed by atoms with Crippen molar-refractivity contribution in [1.82, 2.24) is 0 Å². The molecule has 1 unspecified atom stereocenters. The third-order valence-corrected chi connectivity index (χ3v) is 11.8. The lowest BCUT2D eigenvalue weighted by molar-refractivity contribution is -0.163. The molecule has 0 spiro atoms. The van der Waals surface area contributed by atoms with Crippen LogP contribution in [0.3, 0.4) is 0 Å². The molecule has 0 aromatic heterocycles. The maximum Gasteiger partial charge on any atom is 0.306 e. The van der Waals surface area contributed by atoms with Crippen LogP contribution < -0.4 is 0 Å². The summed E-state index contributed by atoms with van der Waals surface area (Å²) in [6.45, 7) is 7.60. The van der Waals surface area contributed by atoms with E-state index >= 15 is 0 Å². The van der Waals surface area contributed by atoms with E-state index in [9.17, 15) is 9.59 Å². The van der Waals surface area contributed by atoms with Gasteiger partial charge in [0.2, 0.25) is 0 Å². The van der Waals surface area contributed by atoms with Crippen LogP contribution in [-0.4, -0.2) is 37.9 Å². The van der Waals surface area contributed by atoms with Crippen LogP contribution in [-0.2, 0) is 23.8 Å². The SMILES string of the molecule is CC/C=C\C/C=C\C/C=C\C/C=C\CCCCCCC(=O)OC(COCCCCCCCC/C=C\C/C=C\CCCCC)COC(=O)CCCCCCCC/C=C\C/C=C\C/C=C\CCCCC. The number of esters is 2. The molecule has 0 saturated carbocycles. The second-order valence-corrected chi connectivity index (χ2v) is 18.4. The average molecular weight is 944 g/mol. The van der Waals surface area contributed by atoms with E-state index < -0.39 is 6.10 Å². The third kappa shape index (κ3) is 55.2. The zero-order chi connectivity index (χ0) is 49.2. The summed E-state index contributed by atoms with van der Waals surface area (Å²) in [6.07, 6.45) is 79.6. The number of hydrogen-bond donors (Lipinski definition) is 0. The first-order valence-corrected chi connectivity index (χ1v) is 28.4. The van der Waals surface area contributed by atoms with Gasteiger partial charge in [0, 0.05) is 19.4 Å². The second kappa shape index (κ2) is 57.9. The fraction of sp³-hybridized carbons (Fsp3) is 0.683. The molecule has 0 fully saturated rings. The Morgan fingerprint density at radius 2 is 0.662 bits per heavy atom. The van der Waals surface area contributed by atoms with Crippen LogP contribution in [0.5, 0.6) is 0 Å². The molecule has 0 radical (unpaired) electrons. The monoisotopic (exact) mass is 943 g/mol. The first-order valence-electron chi connectivity index (χ1n) is 28.4. The van der Waals surface area contributed by atoms with Crippen molar-refractivity contribution >= 4 is 11.9 Å². The van der Waals surface area contributed by atoms with Gasteiger partial charge in [0.25, 0.3) is 0 Å². The van der Waals surface area contributed by atoms with Gasteiger partial charge in [-0.25, -0.2) is 0 Å². The van der Waals surface area contributed by atoms with Crippen LogP contribution in [0.4, 0.5) is 0 Å². The fourth-order valence-corrected chi connectivity index (χ4v) is 7.54. The van der Waals surface area contributed by atoms with Crippen LogP contribution in [0.1, 0.15) is 252 Å². The normalized spacial score (nSPS) is 13.0. The highest BCUT2D eigenvalue weighted by Gasteiger charge is 2.17. The number of allylic oxidation sites excluding steroid dienone is 18. The quantitative estimate of drug-likeness (QED) is 0.0345. The van der Waals surface area contributed by atoms with E-state index in [2.05, 4.69) is 130 Å². The van der Waals surface area contributed by atoms with Crippen molar-refractivity contribution in [3.63, 3.8) is 0 Å². The smallest absolute Gasteiger partial charge is 0.306 e. The standard InChI is InChI=1S/C63H106O5/c1-4-7-10-13-16-19-22-25-28-31-32-34-35-38-41-44-47-50-53-56-62(64)67-60-61(59-66-58-55-52-49-46-43-40-37-30-27-24-21-18-15-12-9-6-3)68-63(65)57-54-51-48-45-42-39-36-33-29-26-23-20-17-14-11-8-5-2/h8,11,16-21,25-30,32,34,36,39,61H,4-7,9-10,12-15,22-24,31,33,35,37-38,40-60H2,1-3H3/b11-8-,19-16-,20-17-,21-18-,28-25-,29-26-,30-27-,34-32-,39-36-. The summed E-state index contributed by atoms with van der Waals surface area (Å²) in [5.74, 6) is -0.447. The highest BCUT2D eigenvalue weighted by molar-refractivity contribution is 5.70. The maximum atomic E-state index is 12.9. The van der Waals surface area contributed by atoms with Gasteiger partial charge in [-0.1, -0.05) is 220 Å². The summed E-state index contributed by atoms with van der Waals surface area (Å²) in [6, 6.07) is 0. The molecule has 0 bridgehead atoms. The molecule has 0 N–H and O–H groups in total. The van der Waals surface area contributed by atoms with Crippen LogP contribution >= 0.6 is 0 Å². The Morgan fingerprint density at radius 1 is 0.338 bits per heavy atom. The molecular formula is C63H106O5. The molecule has 0 aromatic carbocycles. The van der Waals surface area contributed by atoms with Gasteiger partial charge in [0.05, 0.1) is 6.61 Å². The molecule has 68 heavy (non-hydrogen) atoms. The number of carbonyl (C=O) groups excluding carboxylic acids is 2. The molecule has 0 aliphatic carbocycles. The van der Waals surface area contributed by atoms with Gasteiger partial charge >= 0.3 is 11.9 Å². The predicted octanol–water partition coefficient (Wildman–Crippen LogP) is 19.6. The van der Waals surface area contributed by atoms with Crippen molar-refractivity contribution < 1.29 is 23.8 Å². The van der Waals surface area contributed by atoms with Crippen molar-refractivity contribution in [3.8, 4) is 0 Å². The number of rotatable bonds is 51. The van der Waals surface area contributed by atoms with Gasteiger partial charge in [0.1, 0.15) is 6.61 Å². The molecule has 5 heteroatoms. The van der Waals surface area contributed by atoms with Gasteiger partial charge < -0.3 is 14.2 Å². The highest BCUT2D eigenvalue weighted by Crippen LogP contribution is 2.13. The first-order chi connectivity index (χ1) is 33.6. The van der Waals surface area contributed by atoms with Crippen LogP contribution in [0.25, 0.3) is 0 Å². The molecule has 0 amide bonds. The summed E-state index contributed by atoms with van der Waals surface area (Å²) in [5, 5.41) is 0. The van der Waals surface area contributed by atoms with E-state index in [1.165, 1.54) is 103 Å². The lowest BCUT2D eigenvalue weighted by Crippen LogP contribution is -2.30. The number of hydrogen-bond acceptors (Lipinski definition) is 5. The molecule has 0 heterocycles. The van der Waals surface area contributed by atoms with Gasteiger partial charge in [0.15, 0.2) is 6.10 Å². The van der Waals surface area contributed by atoms with Crippen molar-refractivity contribution in [1.29, 1.82) is 0 Å². The molecule has 0 aromatic rings. The molecular weight excluding hydrogens is 837 g/mol. The number of ether oxygens (including phenoxy) is 3.